The molecular weight excluding hydrogens is 224 g/mol. The van der Waals surface area contributed by atoms with Crippen LogP contribution in [0.1, 0.15) is 5.56 Å². The van der Waals surface area contributed by atoms with Crippen LogP contribution in [0.5, 0.6) is 0 Å². The van der Waals surface area contributed by atoms with Crippen molar-refractivity contribution in [3.63, 3.8) is 0 Å². The van der Waals surface area contributed by atoms with Crippen LogP contribution in [0.25, 0.3) is 0 Å². The van der Waals surface area contributed by atoms with Crippen molar-refractivity contribution in [3.05, 3.63) is 33.9 Å². The highest BCUT2D eigenvalue weighted by molar-refractivity contribution is 5.74. The smallest absolute Gasteiger partial charge is 0.269 e. The number of nitrogens with zero attached hydrogens (tertiary/aromatic N) is 2. The summed E-state index contributed by atoms with van der Waals surface area (Å²) in [6, 6.07) is 4.42. The number of benzene rings is 1. The number of hydrogen-bond donors (Lipinski definition) is 2. The number of hydrogen-bond acceptors (Lipinski definition) is 6. The Hall–Kier alpha value is -1.99. The Kier molecular flexibility index (Phi) is 2.56. The third-order valence-corrected chi connectivity index (χ3v) is 2.83. The van der Waals surface area contributed by atoms with E-state index in [-0.39, 0.29) is 5.69 Å². The first-order valence-corrected chi connectivity index (χ1v) is 5.05. The summed E-state index contributed by atoms with van der Waals surface area (Å²) in [7, 11) is 0. The molecule has 1 aliphatic rings. The van der Waals surface area contributed by atoms with E-state index in [1.165, 1.54) is 12.1 Å². The molecule has 2 rings (SSSR count). The van der Waals surface area contributed by atoms with Crippen LogP contribution < -0.4 is 16.4 Å². The van der Waals surface area contributed by atoms with E-state index in [0.717, 1.165) is 5.56 Å². The zero-order valence-corrected chi connectivity index (χ0v) is 9.00. The lowest BCUT2D eigenvalue weighted by Gasteiger charge is -2.31. The molecule has 0 bridgehead atoms. The summed E-state index contributed by atoms with van der Waals surface area (Å²) in [6.07, 6.45) is 1.05. The molecular formula is C10H12N4O3. The predicted molar refractivity (Wildman–Crippen MR) is 61.3 cm³/mol. The number of fused-ring (bicyclic) bond motifs is 1. The molecule has 7 heteroatoms. The minimum atomic E-state index is -1.57. The van der Waals surface area contributed by atoms with E-state index < -0.39 is 10.7 Å². The third kappa shape index (κ3) is 1.85. The van der Waals surface area contributed by atoms with Gasteiger partial charge >= 0.3 is 0 Å². The fourth-order valence-electron chi connectivity index (χ4n) is 1.97. The Balaban J connectivity index is 2.40. The average Bonchev–Trinajstić information content (AvgIpc) is 2.72. The summed E-state index contributed by atoms with van der Waals surface area (Å²) in [5, 5.41) is 10.6. The van der Waals surface area contributed by atoms with Gasteiger partial charge in [-0.2, -0.15) is 0 Å². The zero-order chi connectivity index (χ0) is 12.6. The van der Waals surface area contributed by atoms with Crippen LogP contribution in [-0.4, -0.2) is 23.5 Å². The summed E-state index contributed by atoms with van der Waals surface area (Å²) in [4.78, 5) is 22.5. The van der Waals surface area contributed by atoms with Crippen molar-refractivity contribution in [2.75, 3.05) is 11.4 Å². The molecule has 1 aromatic carbocycles. The fraction of sp³-hybridized carbons (Fsp3) is 0.300. The van der Waals surface area contributed by atoms with E-state index in [1.54, 1.807) is 11.0 Å². The molecule has 1 aromatic rings. The van der Waals surface area contributed by atoms with Gasteiger partial charge in [-0.25, -0.2) is 0 Å². The van der Waals surface area contributed by atoms with Crippen LogP contribution in [0.15, 0.2) is 18.2 Å². The van der Waals surface area contributed by atoms with Gasteiger partial charge in [0.1, 0.15) is 0 Å². The van der Waals surface area contributed by atoms with Gasteiger partial charge in [-0.3, -0.25) is 26.4 Å². The van der Waals surface area contributed by atoms with Crippen molar-refractivity contribution >= 4 is 17.7 Å². The van der Waals surface area contributed by atoms with Crippen LogP contribution in [0.2, 0.25) is 0 Å². The fourth-order valence-corrected chi connectivity index (χ4v) is 1.97. The highest BCUT2D eigenvalue weighted by atomic mass is 16.6. The first kappa shape index (κ1) is 11.5. The van der Waals surface area contributed by atoms with E-state index in [9.17, 15) is 14.9 Å². The van der Waals surface area contributed by atoms with Gasteiger partial charge in [-0.1, -0.05) is 0 Å². The van der Waals surface area contributed by atoms with Gasteiger partial charge in [-0.15, -0.1) is 0 Å². The topological polar surface area (TPSA) is 115 Å². The molecule has 0 aromatic heterocycles. The van der Waals surface area contributed by atoms with E-state index >= 15 is 0 Å². The van der Waals surface area contributed by atoms with Crippen molar-refractivity contribution in [1.82, 2.24) is 0 Å². The lowest BCUT2D eigenvalue weighted by molar-refractivity contribution is -0.384. The Bertz CT molecular complexity index is 486. The second-order valence-electron chi connectivity index (χ2n) is 3.98. The van der Waals surface area contributed by atoms with Crippen LogP contribution in [0, 0.1) is 10.1 Å². The second kappa shape index (κ2) is 3.79. The van der Waals surface area contributed by atoms with E-state index in [2.05, 4.69) is 0 Å². The predicted octanol–water partition coefficient (Wildman–Crippen LogP) is -0.273. The Morgan fingerprint density at radius 1 is 1.47 bits per heavy atom. The number of anilines is 1. The van der Waals surface area contributed by atoms with Crippen molar-refractivity contribution in [1.29, 1.82) is 0 Å². The zero-order valence-electron chi connectivity index (χ0n) is 9.00. The van der Waals surface area contributed by atoms with Crippen LogP contribution in [-0.2, 0) is 11.2 Å². The Morgan fingerprint density at radius 3 is 2.76 bits per heavy atom. The van der Waals surface area contributed by atoms with Gasteiger partial charge in [0, 0.05) is 24.4 Å². The monoisotopic (exact) mass is 236 g/mol. The molecule has 7 nitrogen and oxygen atoms in total. The van der Waals surface area contributed by atoms with Gasteiger partial charge in [0.15, 0.2) is 12.1 Å². The summed E-state index contributed by atoms with van der Waals surface area (Å²) >= 11 is 0. The molecule has 0 amide bonds. The number of carbonyl (C=O) groups excluding carboxylic acids is 1. The number of rotatable bonds is 3. The van der Waals surface area contributed by atoms with Crippen LogP contribution in [0.4, 0.5) is 11.4 Å². The standard InChI is InChI=1S/C10H12N4O3/c11-10(12,6-15)13-4-3-7-5-8(14(16)17)1-2-9(7)13/h1-2,5-6H,3-4,11-12H2. The van der Waals surface area contributed by atoms with Crippen LogP contribution in [0.3, 0.4) is 0 Å². The molecule has 4 N–H and O–H groups in total. The lowest BCUT2D eigenvalue weighted by Crippen LogP contribution is -2.64. The molecule has 0 radical (unpaired) electrons. The molecule has 0 saturated heterocycles. The minimum absolute atomic E-state index is 0.0244. The highest BCUT2D eigenvalue weighted by Crippen LogP contribution is 2.32. The number of nitro benzene ring substituents is 1. The maximum Gasteiger partial charge on any atom is 0.269 e. The quantitative estimate of drug-likeness (QED) is 0.323. The summed E-state index contributed by atoms with van der Waals surface area (Å²) in [6.45, 7) is 0.474. The molecule has 0 unspecified atom stereocenters. The normalized spacial score (nSPS) is 14.6. The van der Waals surface area contributed by atoms with Crippen molar-refractivity contribution in [2.24, 2.45) is 11.5 Å². The van der Waals surface area contributed by atoms with E-state index in [1.807, 2.05) is 0 Å². The number of nitrogens with two attached hydrogens (primary N) is 2. The van der Waals surface area contributed by atoms with E-state index in [4.69, 9.17) is 11.5 Å². The van der Waals surface area contributed by atoms with Gasteiger partial charge in [-0.05, 0) is 18.1 Å². The van der Waals surface area contributed by atoms with Crippen molar-refractivity contribution in [3.8, 4) is 0 Å². The number of aldehydes is 1. The summed E-state index contributed by atoms with van der Waals surface area (Å²) in [5.41, 5.74) is 12.7. The molecule has 1 aliphatic heterocycles. The van der Waals surface area contributed by atoms with Crippen molar-refractivity contribution < 1.29 is 9.72 Å². The molecule has 17 heavy (non-hydrogen) atoms. The highest BCUT2D eigenvalue weighted by Gasteiger charge is 2.33. The van der Waals surface area contributed by atoms with Gasteiger partial charge in [0.25, 0.3) is 5.69 Å². The average molecular weight is 236 g/mol. The van der Waals surface area contributed by atoms with Crippen molar-refractivity contribution in [2.45, 2.75) is 12.2 Å². The first-order valence-electron chi connectivity index (χ1n) is 5.05. The molecule has 90 valence electrons. The molecule has 1 heterocycles. The summed E-state index contributed by atoms with van der Waals surface area (Å²) < 4.78 is 0. The molecule has 0 saturated carbocycles. The Morgan fingerprint density at radius 2 is 2.18 bits per heavy atom. The molecule has 0 spiro atoms. The minimum Gasteiger partial charge on any atom is -0.335 e. The SMILES string of the molecule is NC(N)(C=O)N1CCc2cc([N+](=O)[O-])ccc21. The maximum absolute atomic E-state index is 10.8. The largest absolute Gasteiger partial charge is 0.335 e. The van der Waals surface area contributed by atoms with E-state index in [0.29, 0.717) is 24.9 Å². The molecule has 0 aliphatic carbocycles. The van der Waals surface area contributed by atoms with Gasteiger partial charge < -0.3 is 4.90 Å². The second-order valence-corrected chi connectivity index (χ2v) is 3.98. The van der Waals surface area contributed by atoms with Gasteiger partial charge in [0.05, 0.1) is 4.92 Å². The first-order chi connectivity index (χ1) is 7.95. The number of nitro groups is 1. The van der Waals surface area contributed by atoms with Crippen LogP contribution >= 0.6 is 0 Å². The third-order valence-electron chi connectivity index (χ3n) is 2.83. The summed E-state index contributed by atoms with van der Waals surface area (Å²) in [5.74, 6) is -1.57. The maximum atomic E-state index is 10.8. The Labute approximate surface area is 97.1 Å². The number of carbonyl (C=O) groups is 1. The number of non-ortho nitro benzene ring substituents is 1. The van der Waals surface area contributed by atoms with Gasteiger partial charge in [0.2, 0.25) is 0 Å². The molecule has 0 atom stereocenters. The molecule has 0 fully saturated rings. The lowest BCUT2D eigenvalue weighted by atomic mass is 10.1.